The van der Waals surface area contributed by atoms with Gasteiger partial charge >= 0.3 is 5.69 Å². The van der Waals surface area contributed by atoms with Gasteiger partial charge in [-0.2, -0.15) is 0 Å². The summed E-state index contributed by atoms with van der Waals surface area (Å²) >= 11 is 0. The fourth-order valence-corrected chi connectivity index (χ4v) is 3.39. The van der Waals surface area contributed by atoms with E-state index in [2.05, 4.69) is 4.99 Å². The van der Waals surface area contributed by atoms with Crippen LogP contribution in [-0.2, 0) is 14.1 Å². The third-order valence-corrected chi connectivity index (χ3v) is 5.12. The molecule has 9 nitrogen and oxygen atoms in total. The highest BCUT2D eigenvalue weighted by Gasteiger charge is 2.14. The van der Waals surface area contributed by atoms with E-state index < -0.39 is 0 Å². The Balaban J connectivity index is 2.25. The van der Waals surface area contributed by atoms with Gasteiger partial charge in [0.05, 0.1) is 46.9 Å². The molecule has 0 aliphatic heterocycles. The summed E-state index contributed by atoms with van der Waals surface area (Å²) in [6.07, 6.45) is 0. The van der Waals surface area contributed by atoms with E-state index in [1.165, 1.54) is 25.9 Å². The van der Waals surface area contributed by atoms with E-state index in [1.54, 1.807) is 51.1 Å². The monoisotopic (exact) mass is 441 g/mol. The van der Waals surface area contributed by atoms with E-state index >= 15 is 0 Å². The maximum absolute atomic E-state index is 12.9. The molecule has 32 heavy (non-hydrogen) atoms. The van der Waals surface area contributed by atoms with Gasteiger partial charge in [0.2, 0.25) is 5.75 Å². The summed E-state index contributed by atoms with van der Waals surface area (Å²) in [5, 5.41) is 0. The van der Waals surface area contributed by atoms with Gasteiger partial charge < -0.3 is 23.7 Å². The topological polar surface area (TPSA) is 85.4 Å². The van der Waals surface area contributed by atoms with Crippen molar-refractivity contribution in [3.63, 3.8) is 0 Å². The number of nitrogens with zero attached hydrogens (tertiary/aromatic N) is 3. The van der Waals surface area contributed by atoms with Crippen molar-refractivity contribution in [3.05, 3.63) is 52.4 Å². The van der Waals surface area contributed by atoms with Crippen LogP contribution in [0.4, 0.5) is 5.69 Å². The summed E-state index contributed by atoms with van der Waals surface area (Å²) in [5.41, 5.74) is 2.21. The normalized spacial score (nSPS) is 11.3. The molecule has 3 rings (SSSR count). The van der Waals surface area contributed by atoms with Crippen LogP contribution >= 0.6 is 0 Å². The zero-order valence-corrected chi connectivity index (χ0v) is 19.3. The minimum absolute atomic E-state index is 0.233. The highest BCUT2D eigenvalue weighted by molar-refractivity contribution is 5.64. The summed E-state index contributed by atoms with van der Waals surface area (Å²) in [6.45, 7) is 0. The Kier molecular flexibility index (Phi) is 6.77. The Morgan fingerprint density at radius 3 is 1.81 bits per heavy atom. The first-order chi connectivity index (χ1) is 15.4. The first-order valence-electron chi connectivity index (χ1n) is 9.72. The summed E-state index contributed by atoms with van der Waals surface area (Å²) in [7, 11) is 11.1. The lowest BCUT2D eigenvalue weighted by atomic mass is 10.1. The Labute approximate surface area is 186 Å². The standard InChI is InChI=1S/C23H27N3O6/c1-25-16(14-8-9-17(28-3)18(10-14)29-4)13-21(26(2)23(25)27)24-15-11-19(30-5)22(32-7)20(12-15)31-6/h8-13H,1-7H3. The van der Waals surface area contributed by atoms with Gasteiger partial charge in [-0.1, -0.05) is 0 Å². The highest BCUT2D eigenvalue weighted by Crippen LogP contribution is 2.40. The molecule has 0 aliphatic carbocycles. The Hall–Kier alpha value is -3.88. The van der Waals surface area contributed by atoms with Crippen LogP contribution in [0.1, 0.15) is 0 Å². The quantitative estimate of drug-likeness (QED) is 0.560. The van der Waals surface area contributed by atoms with Crippen LogP contribution in [0.2, 0.25) is 0 Å². The van der Waals surface area contributed by atoms with E-state index in [-0.39, 0.29) is 5.69 Å². The van der Waals surface area contributed by atoms with Gasteiger partial charge in [-0.05, 0) is 18.2 Å². The van der Waals surface area contributed by atoms with Gasteiger partial charge in [-0.15, -0.1) is 0 Å². The average Bonchev–Trinajstić information content (AvgIpc) is 2.83. The van der Waals surface area contributed by atoms with E-state index in [4.69, 9.17) is 23.7 Å². The van der Waals surface area contributed by atoms with E-state index in [0.717, 1.165) is 5.56 Å². The first kappa shape index (κ1) is 22.8. The van der Waals surface area contributed by atoms with Crippen molar-refractivity contribution in [1.82, 2.24) is 9.13 Å². The molecule has 0 aliphatic rings. The zero-order valence-electron chi connectivity index (χ0n) is 19.3. The smallest absolute Gasteiger partial charge is 0.329 e. The third kappa shape index (κ3) is 4.14. The number of ether oxygens (including phenoxy) is 5. The van der Waals surface area contributed by atoms with Crippen molar-refractivity contribution in [3.8, 4) is 40.0 Å². The molecule has 0 unspecified atom stereocenters. The Bertz CT molecular complexity index is 1230. The van der Waals surface area contributed by atoms with Crippen molar-refractivity contribution >= 4 is 5.69 Å². The molecule has 0 N–H and O–H groups in total. The summed E-state index contributed by atoms with van der Waals surface area (Å²) in [5.74, 6) is 2.57. The Morgan fingerprint density at radius 2 is 1.28 bits per heavy atom. The molecule has 0 amide bonds. The molecule has 0 spiro atoms. The second kappa shape index (κ2) is 9.51. The lowest BCUT2D eigenvalue weighted by Gasteiger charge is -2.14. The molecular formula is C23H27N3O6. The molecule has 0 saturated heterocycles. The van der Waals surface area contributed by atoms with Crippen molar-refractivity contribution in [1.29, 1.82) is 0 Å². The maximum atomic E-state index is 12.9. The summed E-state index contributed by atoms with van der Waals surface area (Å²) in [6, 6.07) is 10.7. The number of hydrogen-bond acceptors (Lipinski definition) is 7. The summed E-state index contributed by atoms with van der Waals surface area (Å²) < 4.78 is 29.9. The Morgan fingerprint density at radius 1 is 0.688 bits per heavy atom. The molecule has 3 aromatic rings. The molecule has 1 aromatic heterocycles. The molecule has 0 saturated carbocycles. The van der Waals surface area contributed by atoms with Crippen molar-refractivity contribution in [2.45, 2.75) is 0 Å². The fraction of sp³-hybridized carbons (Fsp3) is 0.304. The minimum atomic E-state index is -0.233. The lowest BCUT2D eigenvalue weighted by Crippen LogP contribution is -2.37. The van der Waals surface area contributed by atoms with Crippen molar-refractivity contribution in [2.75, 3.05) is 35.5 Å². The third-order valence-electron chi connectivity index (χ3n) is 5.12. The largest absolute Gasteiger partial charge is 0.493 e. The van der Waals surface area contributed by atoms with Gasteiger partial charge in [0, 0.05) is 37.9 Å². The van der Waals surface area contributed by atoms with Crippen LogP contribution in [0.3, 0.4) is 0 Å². The molecule has 2 aromatic carbocycles. The molecule has 0 atom stereocenters. The predicted molar refractivity (Wildman–Crippen MR) is 121 cm³/mol. The highest BCUT2D eigenvalue weighted by atomic mass is 16.5. The average molecular weight is 441 g/mol. The predicted octanol–water partition coefficient (Wildman–Crippen LogP) is 2.67. The first-order valence-corrected chi connectivity index (χ1v) is 9.72. The second-order valence-corrected chi connectivity index (χ2v) is 6.85. The lowest BCUT2D eigenvalue weighted by molar-refractivity contribution is 0.324. The van der Waals surface area contributed by atoms with Crippen LogP contribution in [0.15, 0.2) is 46.2 Å². The van der Waals surface area contributed by atoms with Gasteiger partial charge in [0.15, 0.2) is 23.0 Å². The minimum Gasteiger partial charge on any atom is -0.493 e. The van der Waals surface area contributed by atoms with Gasteiger partial charge in [-0.25, -0.2) is 9.79 Å². The molecule has 170 valence electrons. The molecule has 0 radical (unpaired) electrons. The fourth-order valence-electron chi connectivity index (χ4n) is 3.39. The van der Waals surface area contributed by atoms with Crippen LogP contribution in [0, 0.1) is 0 Å². The number of hydrogen-bond donors (Lipinski definition) is 0. The van der Waals surface area contributed by atoms with E-state index in [9.17, 15) is 4.79 Å². The van der Waals surface area contributed by atoms with Gasteiger partial charge in [-0.3, -0.25) is 9.13 Å². The second-order valence-electron chi connectivity index (χ2n) is 6.85. The van der Waals surface area contributed by atoms with E-state index in [0.29, 0.717) is 45.6 Å². The van der Waals surface area contributed by atoms with Crippen LogP contribution in [-0.4, -0.2) is 44.7 Å². The molecule has 1 heterocycles. The zero-order chi connectivity index (χ0) is 23.4. The molecule has 0 bridgehead atoms. The summed E-state index contributed by atoms with van der Waals surface area (Å²) in [4.78, 5) is 17.6. The van der Waals surface area contributed by atoms with Crippen LogP contribution < -0.4 is 34.9 Å². The number of rotatable bonds is 7. The van der Waals surface area contributed by atoms with Crippen LogP contribution in [0.5, 0.6) is 28.7 Å². The van der Waals surface area contributed by atoms with Gasteiger partial charge in [0.25, 0.3) is 0 Å². The van der Waals surface area contributed by atoms with Crippen molar-refractivity contribution < 1.29 is 23.7 Å². The maximum Gasteiger partial charge on any atom is 0.329 e. The van der Waals surface area contributed by atoms with Gasteiger partial charge in [0.1, 0.15) is 5.49 Å². The molecule has 9 heteroatoms. The molecule has 0 fully saturated rings. The number of aromatic nitrogens is 2. The van der Waals surface area contributed by atoms with Crippen molar-refractivity contribution in [2.24, 2.45) is 19.1 Å². The number of benzene rings is 2. The molecular weight excluding hydrogens is 414 g/mol. The number of methoxy groups -OCH3 is 5. The SMILES string of the molecule is COc1ccc(-c2cc(=Nc3cc(OC)c(OC)c(OC)c3)n(C)c(=O)n2C)cc1OC. The van der Waals surface area contributed by atoms with Crippen LogP contribution in [0.25, 0.3) is 11.3 Å². The van der Waals surface area contributed by atoms with E-state index in [1.807, 2.05) is 18.2 Å².